The van der Waals surface area contributed by atoms with Crippen LogP contribution in [0.25, 0.3) is 0 Å². The summed E-state index contributed by atoms with van der Waals surface area (Å²) < 4.78 is 77.1. The van der Waals surface area contributed by atoms with Gasteiger partial charge in [0.15, 0.2) is 12.0 Å². The highest BCUT2D eigenvalue weighted by atomic mass is 79.9. The lowest BCUT2D eigenvalue weighted by Crippen LogP contribution is -2.34. The maximum atomic E-state index is 11.2. The molecule has 0 fully saturated rings. The molecule has 0 saturated heterocycles. The fraction of sp³-hybridized carbons (Fsp3) is 0.407. The quantitative estimate of drug-likeness (QED) is 0.182. The highest BCUT2D eigenvalue weighted by molar-refractivity contribution is 9.10. The fourth-order valence-corrected chi connectivity index (χ4v) is 6.50. The van der Waals surface area contributed by atoms with Crippen molar-refractivity contribution < 1.29 is 35.4 Å². The highest BCUT2D eigenvalue weighted by Crippen LogP contribution is 2.42. The van der Waals surface area contributed by atoms with Crippen LogP contribution in [0.4, 0.5) is 11.4 Å². The minimum Gasteiger partial charge on any atom is -0.465 e. The van der Waals surface area contributed by atoms with Gasteiger partial charge in [0.05, 0.1) is 22.9 Å². The Balaban J connectivity index is 1.58. The van der Waals surface area contributed by atoms with Gasteiger partial charge in [0, 0.05) is 28.1 Å². The van der Waals surface area contributed by atoms with Crippen molar-refractivity contribution in [1.29, 1.82) is 0 Å². The number of unbranched alkanes of at least 4 members (excludes halogenated alkanes) is 2. The van der Waals surface area contributed by atoms with Crippen molar-refractivity contribution in [2.75, 3.05) is 34.4 Å². The van der Waals surface area contributed by atoms with E-state index in [1.54, 1.807) is 0 Å². The first-order valence-electron chi connectivity index (χ1n) is 13.1. The molecule has 10 nitrogen and oxygen atoms in total. The summed E-state index contributed by atoms with van der Waals surface area (Å²) in [5, 5.41) is 0. The zero-order chi connectivity index (χ0) is 29.8. The Hall–Kier alpha value is -2.10. The number of hydrogen-bond donors (Lipinski definition) is 2. The molecule has 1 unspecified atom stereocenters. The third-order valence-corrected chi connectivity index (χ3v) is 9.23. The van der Waals surface area contributed by atoms with Crippen LogP contribution in [0, 0.1) is 0 Å². The minimum absolute atomic E-state index is 0.298. The molecule has 2 aromatic rings. The molecule has 224 valence electrons. The molecule has 1 atom stereocenters. The topological polar surface area (TPSA) is 134 Å². The van der Waals surface area contributed by atoms with E-state index >= 15 is 0 Å². The van der Waals surface area contributed by atoms with Crippen molar-refractivity contribution in [3.63, 3.8) is 0 Å². The number of anilines is 2. The van der Waals surface area contributed by atoms with Crippen molar-refractivity contribution in [3.05, 3.63) is 69.0 Å². The van der Waals surface area contributed by atoms with Crippen LogP contribution < -0.4 is 19.3 Å². The first kappa shape index (κ1) is 31.8. The van der Waals surface area contributed by atoms with Crippen LogP contribution in [0.15, 0.2) is 69.0 Å². The molecule has 0 aliphatic carbocycles. The number of halogens is 2. The molecule has 0 saturated carbocycles. The van der Waals surface area contributed by atoms with Crippen LogP contribution in [-0.2, 0) is 20.2 Å². The van der Waals surface area contributed by atoms with Gasteiger partial charge in [-0.2, -0.15) is 16.8 Å². The summed E-state index contributed by atoms with van der Waals surface area (Å²) in [5.41, 5.74) is 2.67. The van der Waals surface area contributed by atoms with Gasteiger partial charge in [-0.05, 0) is 80.2 Å². The van der Waals surface area contributed by atoms with Gasteiger partial charge < -0.3 is 19.3 Å². The Morgan fingerprint density at radius 1 is 0.878 bits per heavy atom. The number of hydrogen-bond acceptors (Lipinski definition) is 8. The van der Waals surface area contributed by atoms with Gasteiger partial charge in [0.25, 0.3) is 20.2 Å². The van der Waals surface area contributed by atoms with E-state index in [2.05, 4.69) is 36.8 Å². The Labute approximate surface area is 257 Å². The summed E-state index contributed by atoms with van der Waals surface area (Å²) in [6.07, 6.45) is 5.83. The fourth-order valence-electron chi connectivity index (χ4n) is 4.66. The molecule has 2 heterocycles. The van der Waals surface area contributed by atoms with Crippen molar-refractivity contribution in [2.45, 2.75) is 45.3 Å². The zero-order valence-corrected chi connectivity index (χ0v) is 27.2. The van der Waals surface area contributed by atoms with E-state index in [1.807, 2.05) is 60.4 Å². The predicted octanol–water partition coefficient (Wildman–Crippen LogP) is 6.15. The number of benzene rings is 2. The van der Waals surface area contributed by atoms with Gasteiger partial charge in [-0.1, -0.05) is 38.8 Å². The summed E-state index contributed by atoms with van der Waals surface area (Å²) in [5.74, 6) is 1.38. The molecule has 0 aromatic heterocycles. The zero-order valence-electron chi connectivity index (χ0n) is 22.4. The van der Waals surface area contributed by atoms with E-state index in [9.17, 15) is 16.8 Å². The Kier molecular flexibility index (Phi) is 10.5. The van der Waals surface area contributed by atoms with E-state index in [-0.39, 0.29) is 11.5 Å². The molecule has 2 aromatic carbocycles. The van der Waals surface area contributed by atoms with Crippen molar-refractivity contribution >= 4 is 63.5 Å². The Morgan fingerprint density at radius 2 is 1.46 bits per heavy atom. The van der Waals surface area contributed by atoms with E-state index in [4.69, 9.17) is 18.6 Å². The lowest BCUT2D eigenvalue weighted by Gasteiger charge is -2.24. The van der Waals surface area contributed by atoms with E-state index < -0.39 is 26.5 Å². The average molecular weight is 737 g/mol. The maximum Gasteiger partial charge on any atom is 0.264 e. The Morgan fingerprint density at radius 3 is 2.07 bits per heavy atom. The van der Waals surface area contributed by atoms with Gasteiger partial charge in [-0.3, -0.25) is 9.11 Å². The van der Waals surface area contributed by atoms with E-state index in [0.29, 0.717) is 62.6 Å². The van der Waals surface area contributed by atoms with E-state index in [0.717, 1.165) is 25.9 Å². The summed E-state index contributed by atoms with van der Waals surface area (Å²) >= 11 is 7.02. The molecule has 2 aliphatic rings. The van der Waals surface area contributed by atoms with Crippen LogP contribution >= 0.6 is 31.9 Å². The Bertz CT molecular complexity index is 1540. The molecule has 0 radical (unpaired) electrons. The second-order valence-corrected chi connectivity index (χ2v) is 14.7. The molecule has 4 rings (SSSR count). The van der Waals surface area contributed by atoms with Gasteiger partial charge in [0.2, 0.25) is 5.88 Å². The molecule has 2 aliphatic heterocycles. The molecular formula is C27H32Br2N2O8S2. The number of nitrogens with zero attached hydrogens (tertiary/aromatic N) is 2. The lowest BCUT2D eigenvalue weighted by atomic mass is 10.1. The van der Waals surface area contributed by atoms with Crippen molar-refractivity contribution in [2.24, 2.45) is 0 Å². The normalized spacial score (nSPS) is 17.9. The summed E-state index contributed by atoms with van der Waals surface area (Å²) in [6, 6.07) is 11.4. The predicted molar refractivity (Wildman–Crippen MR) is 166 cm³/mol. The van der Waals surface area contributed by atoms with Crippen LogP contribution in [0.5, 0.6) is 11.5 Å². The van der Waals surface area contributed by atoms with Crippen molar-refractivity contribution in [1.82, 2.24) is 0 Å². The first-order chi connectivity index (χ1) is 19.3. The summed E-state index contributed by atoms with van der Waals surface area (Å²) in [4.78, 5) is 4.05. The maximum absolute atomic E-state index is 11.2. The van der Waals surface area contributed by atoms with Crippen LogP contribution in [0.3, 0.4) is 0 Å². The minimum atomic E-state index is -4.03. The van der Waals surface area contributed by atoms with Gasteiger partial charge >= 0.3 is 0 Å². The molecule has 0 amide bonds. The standard InChI is InChI=1S/C27H32Br2N2O8S2/c1-2-19(15-26-30(11-3-5-13-40(32,33)34)22-17-20(28)7-9-24(22)38-26)16-27-31(12-4-6-14-41(35,36)37)23-18-21(29)8-10-25(23)39-27/h7-10,15-18,26H,2-6,11-14H2,1H3,(H,32,33,34)(H,35,36,37)/b19-15-,27-16+. The van der Waals surface area contributed by atoms with Crippen molar-refractivity contribution in [3.8, 4) is 11.5 Å². The molecule has 0 bridgehead atoms. The molecule has 41 heavy (non-hydrogen) atoms. The third-order valence-electron chi connectivity index (χ3n) is 6.64. The largest absolute Gasteiger partial charge is 0.465 e. The molecule has 14 heteroatoms. The van der Waals surface area contributed by atoms with Crippen LogP contribution in [-0.4, -0.2) is 56.8 Å². The van der Waals surface area contributed by atoms with E-state index in [1.165, 1.54) is 0 Å². The average Bonchev–Trinajstić information content (AvgIpc) is 3.39. The van der Waals surface area contributed by atoms with Gasteiger partial charge in [0.1, 0.15) is 5.75 Å². The van der Waals surface area contributed by atoms with Crippen LogP contribution in [0.2, 0.25) is 0 Å². The smallest absolute Gasteiger partial charge is 0.264 e. The number of fused-ring (bicyclic) bond motifs is 2. The number of ether oxygens (including phenoxy) is 2. The lowest BCUT2D eigenvalue weighted by molar-refractivity contribution is 0.271. The number of allylic oxidation sites excluding steroid dienone is 2. The molecule has 2 N–H and O–H groups in total. The monoisotopic (exact) mass is 734 g/mol. The first-order valence-corrected chi connectivity index (χ1v) is 17.9. The number of rotatable bonds is 13. The molecule has 0 spiro atoms. The van der Waals surface area contributed by atoms with Crippen LogP contribution in [0.1, 0.15) is 39.0 Å². The second-order valence-electron chi connectivity index (χ2n) is 9.74. The SMILES string of the molecule is CCC(=C/C1Oc2ccc(Br)cc2N1CCCCS(=O)(=O)O)/C=C1/Oc2ccc(Br)cc2N1CCCCS(=O)(=O)O. The second kappa shape index (κ2) is 13.5. The summed E-state index contributed by atoms with van der Waals surface area (Å²) in [6.45, 7) is 3.03. The third kappa shape index (κ3) is 8.94. The van der Waals surface area contributed by atoms with Gasteiger partial charge in [-0.15, -0.1) is 0 Å². The highest BCUT2D eigenvalue weighted by Gasteiger charge is 2.31. The summed E-state index contributed by atoms with van der Waals surface area (Å²) in [7, 11) is -8.05. The molecular weight excluding hydrogens is 704 g/mol. The van der Waals surface area contributed by atoms with Gasteiger partial charge in [-0.25, -0.2) is 0 Å².